The van der Waals surface area contributed by atoms with E-state index in [0.717, 1.165) is 11.6 Å². The van der Waals surface area contributed by atoms with Gasteiger partial charge in [0.15, 0.2) is 11.9 Å². The lowest BCUT2D eigenvalue weighted by Crippen LogP contribution is -2.39. The smallest absolute Gasteiger partial charge is 0.492 e. The van der Waals surface area contributed by atoms with Crippen LogP contribution in [-0.4, -0.2) is 60.8 Å². The van der Waals surface area contributed by atoms with Gasteiger partial charge in [0, 0.05) is 19.6 Å². The number of anilines is 1. The van der Waals surface area contributed by atoms with Crippen LogP contribution < -0.4 is 14.8 Å². The number of aliphatic carboxylic acids is 1. The quantitative estimate of drug-likeness (QED) is 0.334. The number of urea groups is 1. The van der Waals surface area contributed by atoms with Crippen molar-refractivity contribution in [1.82, 2.24) is 4.90 Å². The van der Waals surface area contributed by atoms with Crippen LogP contribution in [0.25, 0.3) is 0 Å². The van der Waals surface area contributed by atoms with E-state index in [-0.39, 0.29) is 25.3 Å². The zero-order valence-electron chi connectivity index (χ0n) is 21.1. The molecule has 204 valence electrons. The largest absolute Gasteiger partial charge is 0.573 e. The molecule has 1 unspecified atom stereocenters. The monoisotopic (exact) mass is 526 g/mol. The average molecular weight is 527 g/mol. The van der Waals surface area contributed by atoms with Crippen LogP contribution in [0.4, 0.5) is 23.7 Å². The Morgan fingerprint density at radius 3 is 2.32 bits per heavy atom. The number of carboxylic acids is 1. The number of hydrogen-bond donors (Lipinski definition) is 2. The molecule has 37 heavy (non-hydrogen) atoms. The zero-order chi connectivity index (χ0) is 27.4. The Hall–Kier alpha value is -3.47. The fraction of sp³-hybridized carbons (Fsp3) is 0.462. The number of nitrogens with zero attached hydrogens (tertiary/aromatic N) is 1. The summed E-state index contributed by atoms with van der Waals surface area (Å²) in [5.74, 6) is -0.705. The number of alkyl halides is 3. The molecule has 0 aliphatic rings. The summed E-state index contributed by atoms with van der Waals surface area (Å²) in [6.07, 6.45) is -4.92. The second-order valence-electron chi connectivity index (χ2n) is 8.62. The van der Waals surface area contributed by atoms with Crippen molar-refractivity contribution in [2.24, 2.45) is 5.92 Å². The molecular formula is C26H33F3N2O6. The van der Waals surface area contributed by atoms with E-state index in [1.54, 1.807) is 31.2 Å². The maximum Gasteiger partial charge on any atom is 0.573 e. The molecule has 0 saturated heterocycles. The molecule has 2 aromatic carbocycles. The van der Waals surface area contributed by atoms with Gasteiger partial charge in [0.2, 0.25) is 0 Å². The van der Waals surface area contributed by atoms with Crippen molar-refractivity contribution in [2.75, 3.05) is 31.6 Å². The second kappa shape index (κ2) is 14.3. The van der Waals surface area contributed by atoms with Crippen LogP contribution in [0.15, 0.2) is 48.5 Å². The molecular weight excluding hydrogens is 493 g/mol. The number of carbonyl (C=O) groups is 2. The first-order valence-electron chi connectivity index (χ1n) is 11.9. The molecule has 0 spiro atoms. The molecule has 0 bridgehead atoms. The number of carboxylic acid groups (broad SMARTS) is 1. The third-order valence-electron chi connectivity index (χ3n) is 5.24. The highest BCUT2D eigenvalue weighted by atomic mass is 19.4. The Morgan fingerprint density at radius 1 is 1.05 bits per heavy atom. The molecule has 0 aliphatic carbocycles. The average Bonchev–Trinajstić information content (AvgIpc) is 2.82. The Labute approximate surface area is 214 Å². The summed E-state index contributed by atoms with van der Waals surface area (Å²) in [6, 6.07) is 11.6. The molecule has 0 radical (unpaired) electrons. The summed E-state index contributed by atoms with van der Waals surface area (Å²) in [5.41, 5.74) is 0.675. The van der Waals surface area contributed by atoms with E-state index in [4.69, 9.17) is 9.47 Å². The van der Waals surface area contributed by atoms with Crippen molar-refractivity contribution in [3.05, 3.63) is 54.1 Å². The summed E-state index contributed by atoms with van der Waals surface area (Å²) in [6.45, 7) is 6.73. The molecule has 2 rings (SSSR count). The van der Waals surface area contributed by atoms with E-state index in [1.165, 1.54) is 23.1 Å². The second-order valence-corrected chi connectivity index (χ2v) is 8.62. The minimum atomic E-state index is -4.89. The molecule has 0 aliphatic heterocycles. The molecule has 2 aromatic rings. The maximum absolute atomic E-state index is 12.9. The van der Waals surface area contributed by atoms with Gasteiger partial charge in [-0.3, -0.25) is 0 Å². The molecule has 11 heteroatoms. The molecule has 8 nitrogen and oxygen atoms in total. The van der Waals surface area contributed by atoms with E-state index in [0.29, 0.717) is 31.2 Å². The van der Waals surface area contributed by atoms with Gasteiger partial charge >= 0.3 is 18.4 Å². The van der Waals surface area contributed by atoms with E-state index in [9.17, 15) is 27.9 Å². The molecule has 0 aromatic heterocycles. The predicted molar refractivity (Wildman–Crippen MR) is 132 cm³/mol. The van der Waals surface area contributed by atoms with Crippen LogP contribution in [0.2, 0.25) is 0 Å². The standard InChI is InChI=1S/C26H33F3N2O6/c1-4-35-23(24(32)33)17-19-9-11-20(12-10-19)36-16-15-31(14-13-18(2)3)25(34)30-21-7-5-6-8-22(21)37-26(27,28)29/h5-12,18,23H,4,13-17H2,1-3H3,(H,30,34)(H,32,33). The molecule has 2 amide bonds. The summed E-state index contributed by atoms with van der Waals surface area (Å²) in [5, 5.41) is 11.7. The van der Waals surface area contributed by atoms with Crippen molar-refractivity contribution in [1.29, 1.82) is 0 Å². The number of ether oxygens (including phenoxy) is 3. The van der Waals surface area contributed by atoms with Crippen LogP contribution in [-0.2, 0) is 16.0 Å². The summed E-state index contributed by atoms with van der Waals surface area (Å²) in [7, 11) is 0. The van der Waals surface area contributed by atoms with E-state index < -0.39 is 30.2 Å². The Bertz CT molecular complexity index is 999. The van der Waals surface area contributed by atoms with Crippen LogP contribution in [0, 0.1) is 5.92 Å². The first-order valence-corrected chi connectivity index (χ1v) is 11.9. The number of para-hydroxylation sites is 2. The normalized spacial score (nSPS) is 12.2. The number of amides is 2. The topological polar surface area (TPSA) is 97.3 Å². The van der Waals surface area contributed by atoms with Gasteiger partial charge in [-0.1, -0.05) is 38.1 Å². The number of nitrogens with one attached hydrogen (secondary N) is 1. The van der Waals surface area contributed by atoms with Crippen molar-refractivity contribution < 1.29 is 42.1 Å². The molecule has 1 atom stereocenters. The third kappa shape index (κ3) is 11.0. The van der Waals surface area contributed by atoms with Crippen LogP contribution >= 0.6 is 0 Å². The lowest BCUT2D eigenvalue weighted by molar-refractivity contribution is -0.274. The minimum Gasteiger partial charge on any atom is -0.492 e. The van der Waals surface area contributed by atoms with Crippen molar-refractivity contribution >= 4 is 17.7 Å². The number of carbonyl (C=O) groups excluding carboxylic acids is 1. The van der Waals surface area contributed by atoms with Gasteiger partial charge in [0.1, 0.15) is 12.4 Å². The van der Waals surface area contributed by atoms with Gasteiger partial charge in [0.25, 0.3) is 0 Å². The molecule has 0 fully saturated rings. The Balaban J connectivity index is 1.99. The Morgan fingerprint density at radius 2 is 1.73 bits per heavy atom. The van der Waals surface area contributed by atoms with Crippen LogP contribution in [0.5, 0.6) is 11.5 Å². The van der Waals surface area contributed by atoms with Gasteiger partial charge < -0.3 is 29.5 Å². The Kier molecular flexibility index (Phi) is 11.5. The highest BCUT2D eigenvalue weighted by molar-refractivity contribution is 5.91. The van der Waals surface area contributed by atoms with Gasteiger partial charge in [0.05, 0.1) is 12.2 Å². The van der Waals surface area contributed by atoms with Crippen molar-refractivity contribution in [3.63, 3.8) is 0 Å². The fourth-order valence-corrected chi connectivity index (χ4v) is 3.34. The SMILES string of the molecule is CCOC(Cc1ccc(OCCN(CCC(C)C)C(=O)Nc2ccccc2OC(F)(F)F)cc1)C(=O)O. The third-order valence-corrected chi connectivity index (χ3v) is 5.24. The highest BCUT2D eigenvalue weighted by Crippen LogP contribution is 2.30. The maximum atomic E-state index is 12.9. The molecule has 0 heterocycles. The van der Waals surface area contributed by atoms with Gasteiger partial charge in [-0.05, 0) is 49.1 Å². The highest BCUT2D eigenvalue weighted by Gasteiger charge is 2.32. The van der Waals surface area contributed by atoms with Gasteiger partial charge in [-0.2, -0.15) is 0 Å². The number of halogens is 3. The first kappa shape index (κ1) is 29.8. The molecule has 2 N–H and O–H groups in total. The summed E-state index contributed by atoms with van der Waals surface area (Å²) >= 11 is 0. The lowest BCUT2D eigenvalue weighted by Gasteiger charge is -2.25. The fourth-order valence-electron chi connectivity index (χ4n) is 3.34. The van der Waals surface area contributed by atoms with E-state index in [1.807, 2.05) is 13.8 Å². The number of rotatable bonds is 14. The minimum absolute atomic E-state index is 0.0948. The van der Waals surface area contributed by atoms with Crippen LogP contribution in [0.3, 0.4) is 0 Å². The predicted octanol–water partition coefficient (Wildman–Crippen LogP) is 5.58. The summed E-state index contributed by atoms with van der Waals surface area (Å²) < 4.78 is 53.1. The lowest BCUT2D eigenvalue weighted by atomic mass is 10.1. The number of hydrogen-bond acceptors (Lipinski definition) is 5. The van der Waals surface area contributed by atoms with Gasteiger partial charge in [-0.15, -0.1) is 13.2 Å². The van der Waals surface area contributed by atoms with E-state index in [2.05, 4.69) is 10.1 Å². The number of benzene rings is 2. The van der Waals surface area contributed by atoms with Gasteiger partial charge in [-0.25, -0.2) is 9.59 Å². The zero-order valence-corrected chi connectivity index (χ0v) is 21.1. The van der Waals surface area contributed by atoms with Crippen molar-refractivity contribution in [2.45, 2.75) is 46.1 Å². The van der Waals surface area contributed by atoms with Crippen LogP contribution in [0.1, 0.15) is 32.8 Å². The van der Waals surface area contributed by atoms with Crippen molar-refractivity contribution in [3.8, 4) is 11.5 Å². The molecule has 0 saturated carbocycles. The first-order chi connectivity index (χ1) is 17.5. The summed E-state index contributed by atoms with van der Waals surface area (Å²) in [4.78, 5) is 25.6. The van der Waals surface area contributed by atoms with E-state index >= 15 is 0 Å².